The number of hydrogen-bond acceptors (Lipinski definition) is 4. The van der Waals surface area contributed by atoms with Gasteiger partial charge in [0, 0.05) is 23.2 Å². The van der Waals surface area contributed by atoms with Gasteiger partial charge in [-0.2, -0.15) is 5.10 Å². The molecule has 3 aromatic carbocycles. The molecule has 1 N–H and O–H groups in total. The molecular formula is C25H23N3O2. The van der Waals surface area contributed by atoms with Crippen molar-refractivity contribution in [2.45, 2.75) is 12.3 Å². The highest BCUT2D eigenvalue weighted by atomic mass is 16.5. The molecule has 0 saturated carbocycles. The van der Waals surface area contributed by atoms with Gasteiger partial charge in [-0.05, 0) is 23.6 Å². The molecule has 0 fully saturated rings. The number of hydrogen-bond donors (Lipinski definition) is 1. The molecule has 0 aliphatic carbocycles. The van der Waals surface area contributed by atoms with Gasteiger partial charge in [0.05, 0.1) is 6.20 Å². The first-order chi connectivity index (χ1) is 14.8. The predicted octanol–water partition coefficient (Wildman–Crippen LogP) is 4.35. The maximum Gasteiger partial charge on any atom is 0.258 e. The summed E-state index contributed by atoms with van der Waals surface area (Å²) in [6, 6.07) is 28.4. The Morgan fingerprint density at radius 2 is 1.50 bits per heavy atom. The lowest BCUT2D eigenvalue weighted by molar-refractivity contribution is -0.123. The Labute approximate surface area is 175 Å². The minimum atomic E-state index is -0.176. The second kappa shape index (κ2) is 9.65. The largest absolute Gasteiger partial charge is 0.466 e. The smallest absolute Gasteiger partial charge is 0.258 e. The maximum atomic E-state index is 12.3. The third-order valence-electron chi connectivity index (χ3n) is 5.04. The topological polar surface area (TPSA) is 64.1 Å². The Balaban J connectivity index is 1.35. The number of benzene rings is 3. The van der Waals surface area contributed by atoms with Gasteiger partial charge in [0.25, 0.3) is 5.91 Å². The van der Waals surface area contributed by atoms with E-state index in [0.717, 1.165) is 17.2 Å². The van der Waals surface area contributed by atoms with E-state index in [-0.39, 0.29) is 18.4 Å². The van der Waals surface area contributed by atoms with Crippen LogP contribution in [0.3, 0.4) is 0 Å². The Bertz CT molecular complexity index is 1060. The predicted molar refractivity (Wildman–Crippen MR) is 117 cm³/mol. The van der Waals surface area contributed by atoms with E-state index in [9.17, 15) is 4.79 Å². The van der Waals surface area contributed by atoms with Crippen LogP contribution >= 0.6 is 0 Å². The summed E-state index contributed by atoms with van der Waals surface area (Å²) in [5.74, 6) is 0.414. The van der Waals surface area contributed by atoms with Crippen molar-refractivity contribution in [3.05, 3.63) is 102 Å². The van der Waals surface area contributed by atoms with Gasteiger partial charge in [-0.25, -0.2) is 0 Å². The lowest BCUT2D eigenvalue weighted by atomic mass is 9.88. The summed E-state index contributed by atoms with van der Waals surface area (Å²) >= 11 is 0. The molecule has 0 saturated heterocycles. The zero-order valence-electron chi connectivity index (χ0n) is 16.6. The third-order valence-corrected chi connectivity index (χ3v) is 5.04. The van der Waals surface area contributed by atoms with Crippen LogP contribution in [-0.2, 0) is 4.79 Å². The average molecular weight is 397 g/mol. The molecule has 0 unspecified atom stereocenters. The van der Waals surface area contributed by atoms with Gasteiger partial charge in [-0.1, -0.05) is 78.9 Å². The van der Waals surface area contributed by atoms with Crippen LogP contribution in [0.25, 0.3) is 10.8 Å². The molecule has 1 aromatic heterocycles. The molecule has 5 nitrogen and oxygen atoms in total. The molecule has 4 aromatic rings. The van der Waals surface area contributed by atoms with E-state index in [2.05, 4.69) is 39.8 Å². The molecule has 0 bridgehead atoms. The first-order valence-electron chi connectivity index (χ1n) is 10.0. The Hall–Kier alpha value is -3.73. The standard InChI is InChI=1S/C25H23N3O2/c29-24(18-30-25-23-14-8-7-13-21(23)17-27-28-25)26-16-15-22(19-9-3-1-4-10-19)20-11-5-2-6-12-20/h1-14,17,22H,15-16,18H2,(H,26,29). The van der Waals surface area contributed by atoms with Crippen LogP contribution < -0.4 is 10.1 Å². The first kappa shape index (κ1) is 19.6. The number of carbonyl (C=O) groups is 1. The molecule has 4 rings (SSSR count). The zero-order chi connectivity index (χ0) is 20.6. The monoisotopic (exact) mass is 397 g/mol. The zero-order valence-corrected chi connectivity index (χ0v) is 16.6. The molecule has 150 valence electrons. The molecular weight excluding hydrogens is 374 g/mol. The van der Waals surface area contributed by atoms with Gasteiger partial charge >= 0.3 is 0 Å². The third kappa shape index (κ3) is 4.81. The number of nitrogens with zero attached hydrogens (tertiary/aromatic N) is 2. The number of nitrogens with one attached hydrogen (secondary N) is 1. The van der Waals surface area contributed by atoms with Gasteiger partial charge in [-0.3, -0.25) is 4.79 Å². The van der Waals surface area contributed by atoms with Crippen LogP contribution in [0.2, 0.25) is 0 Å². The summed E-state index contributed by atoms with van der Waals surface area (Å²) < 4.78 is 5.62. The summed E-state index contributed by atoms with van der Waals surface area (Å²) in [4.78, 5) is 12.3. The lowest BCUT2D eigenvalue weighted by Gasteiger charge is -2.18. The van der Waals surface area contributed by atoms with Crippen LogP contribution in [0.4, 0.5) is 0 Å². The summed E-state index contributed by atoms with van der Waals surface area (Å²) in [7, 11) is 0. The molecule has 0 spiro atoms. The molecule has 0 aliphatic rings. The summed E-state index contributed by atoms with van der Waals surface area (Å²) in [6.07, 6.45) is 2.48. The van der Waals surface area contributed by atoms with E-state index < -0.39 is 0 Å². The van der Waals surface area contributed by atoms with Gasteiger partial charge in [0.1, 0.15) is 0 Å². The van der Waals surface area contributed by atoms with Crippen molar-refractivity contribution in [3.63, 3.8) is 0 Å². The van der Waals surface area contributed by atoms with Gasteiger partial charge in [-0.15, -0.1) is 5.10 Å². The molecule has 30 heavy (non-hydrogen) atoms. The van der Waals surface area contributed by atoms with E-state index in [4.69, 9.17) is 4.74 Å². The number of rotatable bonds is 8. The number of ether oxygens (including phenoxy) is 1. The average Bonchev–Trinajstić information content (AvgIpc) is 2.81. The van der Waals surface area contributed by atoms with Crippen LogP contribution in [-0.4, -0.2) is 29.3 Å². The lowest BCUT2D eigenvalue weighted by Crippen LogP contribution is -2.30. The van der Waals surface area contributed by atoms with Crippen LogP contribution in [0.5, 0.6) is 5.88 Å². The molecule has 0 radical (unpaired) electrons. The van der Waals surface area contributed by atoms with E-state index in [1.807, 2.05) is 60.7 Å². The molecule has 1 amide bonds. The number of aromatic nitrogens is 2. The highest BCUT2D eigenvalue weighted by Crippen LogP contribution is 2.27. The van der Waals surface area contributed by atoms with Crippen LogP contribution in [0.1, 0.15) is 23.5 Å². The number of fused-ring (bicyclic) bond motifs is 1. The minimum Gasteiger partial charge on any atom is -0.466 e. The molecule has 0 atom stereocenters. The van der Waals surface area contributed by atoms with E-state index in [1.165, 1.54) is 11.1 Å². The van der Waals surface area contributed by atoms with Crippen molar-refractivity contribution in [1.82, 2.24) is 15.5 Å². The fourth-order valence-corrected chi connectivity index (χ4v) is 3.55. The van der Waals surface area contributed by atoms with Crippen molar-refractivity contribution in [3.8, 4) is 5.88 Å². The maximum absolute atomic E-state index is 12.3. The van der Waals surface area contributed by atoms with Gasteiger partial charge < -0.3 is 10.1 Å². The normalized spacial score (nSPS) is 10.8. The van der Waals surface area contributed by atoms with Crippen molar-refractivity contribution in [1.29, 1.82) is 0 Å². The first-order valence-corrected chi connectivity index (χ1v) is 10.0. The van der Waals surface area contributed by atoms with E-state index >= 15 is 0 Å². The van der Waals surface area contributed by atoms with Crippen molar-refractivity contribution in [2.75, 3.05) is 13.2 Å². The quantitative estimate of drug-likeness (QED) is 0.480. The fourth-order valence-electron chi connectivity index (χ4n) is 3.55. The molecule has 1 heterocycles. The van der Waals surface area contributed by atoms with Gasteiger partial charge in [0.15, 0.2) is 6.61 Å². The van der Waals surface area contributed by atoms with Crippen molar-refractivity contribution >= 4 is 16.7 Å². The van der Waals surface area contributed by atoms with E-state index in [1.54, 1.807) is 6.20 Å². The van der Waals surface area contributed by atoms with Gasteiger partial charge in [0.2, 0.25) is 5.88 Å². The summed E-state index contributed by atoms with van der Waals surface area (Å²) in [5, 5.41) is 12.7. The Morgan fingerprint density at radius 1 is 0.867 bits per heavy atom. The Kier molecular flexibility index (Phi) is 6.30. The second-order valence-electron chi connectivity index (χ2n) is 7.04. The number of carbonyl (C=O) groups excluding carboxylic acids is 1. The summed E-state index contributed by atoms with van der Waals surface area (Å²) in [5.41, 5.74) is 2.47. The highest BCUT2D eigenvalue weighted by molar-refractivity contribution is 5.86. The Morgan fingerprint density at radius 3 is 2.20 bits per heavy atom. The minimum absolute atomic E-state index is 0.0932. The summed E-state index contributed by atoms with van der Waals surface area (Å²) in [6.45, 7) is 0.460. The van der Waals surface area contributed by atoms with E-state index in [0.29, 0.717) is 12.4 Å². The molecule has 5 heteroatoms. The van der Waals surface area contributed by atoms with Crippen molar-refractivity contribution < 1.29 is 9.53 Å². The second-order valence-corrected chi connectivity index (χ2v) is 7.04. The van der Waals surface area contributed by atoms with Crippen molar-refractivity contribution in [2.24, 2.45) is 0 Å². The van der Waals surface area contributed by atoms with Crippen LogP contribution in [0.15, 0.2) is 91.1 Å². The number of amides is 1. The van der Waals surface area contributed by atoms with Crippen LogP contribution in [0, 0.1) is 0 Å². The SMILES string of the molecule is O=C(COc1nncc2ccccc12)NCCC(c1ccccc1)c1ccccc1. The fraction of sp³-hybridized carbons (Fsp3) is 0.160. The highest BCUT2D eigenvalue weighted by Gasteiger charge is 2.14. The molecule has 0 aliphatic heterocycles.